The van der Waals surface area contributed by atoms with Crippen molar-refractivity contribution in [2.75, 3.05) is 17.2 Å². The van der Waals surface area contributed by atoms with Crippen LogP contribution in [0, 0.1) is 10.8 Å². The van der Waals surface area contributed by atoms with Gasteiger partial charge in [0.1, 0.15) is 5.02 Å². The van der Waals surface area contributed by atoms with E-state index in [2.05, 4.69) is 48.3 Å². The summed E-state index contributed by atoms with van der Waals surface area (Å²) in [5.74, 6) is 1.36. The summed E-state index contributed by atoms with van der Waals surface area (Å²) in [6.07, 6.45) is 5.17. The summed E-state index contributed by atoms with van der Waals surface area (Å²) < 4.78 is 0. The molecule has 2 rings (SSSR count). The molecular weight excluding hydrogens is 284 g/mol. The van der Waals surface area contributed by atoms with Crippen molar-refractivity contribution in [2.45, 2.75) is 59.9 Å². The zero-order chi connectivity index (χ0) is 15.7. The van der Waals surface area contributed by atoms with Gasteiger partial charge in [-0.3, -0.25) is 0 Å². The van der Waals surface area contributed by atoms with Crippen LogP contribution in [0.1, 0.15) is 53.9 Å². The van der Waals surface area contributed by atoms with Crippen LogP contribution in [0.5, 0.6) is 0 Å². The maximum Gasteiger partial charge on any atom is 0.224 e. The van der Waals surface area contributed by atoms with Crippen LogP contribution in [0.15, 0.2) is 6.20 Å². The van der Waals surface area contributed by atoms with E-state index in [9.17, 15) is 0 Å². The maximum absolute atomic E-state index is 6.24. The fourth-order valence-corrected chi connectivity index (χ4v) is 4.00. The first-order valence-electron chi connectivity index (χ1n) is 7.74. The number of aromatic nitrogens is 2. The van der Waals surface area contributed by atoms with Gasteiger partial charge in [-0.1, -0.05) is 39.3 Å². The lowest BCUT2D eigenvalue weighted by atomic mass is 9.63. The van der Waals surface area contributed by atoms with Crippen LogP contribution in [0.4, 0.5) is 11.8 Å². The van der Waals surface area contributed by atoms with Crippen LogP contribution in [0.25, 0.3) is 0 Å². The molecule has 0 unspecified atom stereocenters. The second kappa shape index (κ2) is 5.99. The first-order valence-corrected chi connectivity index (χ1v) is 8.11. The van der Waals surface area contributed by atoms with Gasteiger partial charge in [0.25, 0.3) is 0 Å². The zero-order valence-corrected chi connectivity index (χ0v) is 14.5. The van der Waals surface area contributed by atoms with Gasteiger partial charge in [0.2, 0.25) is 5.95 Å². The molecule has 0 amide bonds. The summed E-state index contributed by atoms with van der Waals surface area (Å²) in [5.41, 5.74) is 0.673. The third-order valence-corrected chi connectivity index (χ3v) is 4.25. The number of rotatable bonds is 4. The van der Waals surface area contributed by atoms with Crippen LogP contribution in [0.2, 0.25) is 5.02 Å². The Morgan fingerprint density at radius 3 is 2.43 bits per heavy atom. The van der Waals surface area contributed by atoms with E-state index in [1.807, 2.05) is 6.92 Å². The van der Waals surface area contributed by atoms with Crippen LogP contribution in [-0.4, -0.2) is 22.6 Å². The molecule has 1 fully saturated rings. The predicted octanol–water partition coefficient (Wildman–Crippen LogP) is 4.58. The Balaban J connectivity index is 2.15. The van der Waals surface area contributed by atoms with Crippen molar-refractivity contribution in [1.29, 1.82) is 0 Å². The monoisotopic (exact) mass is 310 g/mol. The highest BCUT2D eigenvalue weighted by molar-refractivity contribution is 6.32. The van der Waals surface area contributed by atoms with Crippen molar-refractivity contribution in [1.82, 2.24) is 9.97 Å². The summed E-state index contributed by atoms with van der Waals surface area (Å²) in [6.45, 7) is 12.2. The van der Waals surface area contributed by atoms with Gasteiger partial charge in [-0.25, -0.2) is 4.98 Å². The van der Waals surface area contributed by atoms with Gasteiger partial charge in [-0.15, -0.1) is 0 Å². The van der Waals surface area contributed by atoms with E-state index in [0.717, 1.165) is 25.2 Å². The molecule has 118 valence electrons. The molecule has 1 aromatic heterocycles. The lowest BCUT2D eigenvalue weighted by Crippen LogP contribution is -2.40. The smallest absolute Gasteiger partial charge is 0.224 e. The molecule has 1 heterocycles. The third-order valence-electron chi connectivity index (χ3n) is 3.97. The van der Waals surface area contributed by atoms with Gasteiger partial charge < -0.3 is 10.6 Å². The highest BCUT2D eigenvalue weighted by Crippen LogP contribution is 2.46. The van der Waals surface area contributed by atoms with Gasteiger partial charge in [-0.2, -0.15) is 4.98 Å². The molecule has 0 bridgehead atoms. The topological polar surface area (TPSA) is 49.8 Å². The van der Waals surface area contributed by atoms with E-state index in [-0.39, 0.29) is 0 Å². The van der Waals surface area contributed by atoms with Crippen LogP contribution < -0.4 is 10.6 Å². The minimum atomic E-state index is 0.337. The van der Waals surface area contributed by atoms with Crippen LogP contribution in [-0.2, 0) is 0 Å². The number of nitrogens with zero attached hydrogens (tertiary/aromatic N) is 2. The molecule has 21 heavy (non-hydrogen) atoms. The summed E-state index contributed by atoms with van der Waals surface area (Å²) in [4.78, 5) is 8.67. The lowest BCUT2D eigenvalue weighted by Gasteiger charge is -2.45. The number of hydrogen-bond donors (Lipinski definition) is 2. The van der Waals surface area contributed by atoms with Gasteiger partial charge in [-0.05, 0) is 37.0 Å². The van der Waals surface area contributed by atoms with E-state index in [4.69, 9.17) is 11.6 Å². The van der Waals surface area contributed by atoms with E-state index >= 15 is 0 Å². The summed E-state index contributed by atoms with van der Waals surface area (Å²) in [5, 5.41) is 7.24. The molecule has 1 aromatic rings. The molecule has 5 heteroatoms. The number of halogens is 1. The Bertz CT molecular complexity index is 483. The summed E-state index contributed by atoms with van der Waals surface area (Å²) >= 11 is 6.24. The SMILES string of the molecule is CCNc1ncc(Cl)c(NC2CC(C)(C)CC(C)(C)C2)n1. The van der Waals surface area contributed by atoms with E-state index in [0.29, 0.717) is 27.8 Å². The van der Waals surface area contributed by atoms with E-state index in [1.165, 1.54) is 6.42 Å². The van der Waals surface area contributed by atoms with Crippen molar-refractivity contribution in [2.24, 2.45) is 10.8 Å². The highest BCUT2D eigenvalue weighted by atomic mass is 35.5. The average Bonchev–Trinajstić information content (AvgIpc) is 2.29. The van der Waals surface area contributed by atoms with Crippen molar-refractivity contribution in [3.05, 3.63) is 11.2 Å². The standard InChI is InChI=1S/C16H27ClN4/c1-6-18-14-19-9-12(17)13(21-14)20-11-7-15(2,3)10-16(4,5)8-11/h9,11H,6-8,10H2,1-5H3,(H2,18,19,20,21). The van der Waals surface area contributed by atoms with E-state index in [1.54, 1.807) is 6.20 Å². The molecule has 0 aliphatic heterocycles. The molecule has 1 saturated carbocycles. The minimum Gasteiger partial charge on any atom is -0.366 e. The molecule has 0 saturated heterocycles. The van der Waals surface area contributed by atoms with Crippen molar-refractivity contribution >= 4 is 23.4 Å². The maximum atomic E-state index is 6.24. The largest absolute Gasteiger partial charge is 0.366 e. The number of anilines is 2. The van der Waals surface area contributed by atoms with Crippen molar-refractivity contribution in [3.8, 4) is 0 Å². The fraction of sp³-hybridized carbons (Fsp3) is 0.750. The van der Waals surface area contributed by atoms with Crippen molar-refractivity contribution < 1.29 is 0 Å². The zero-order valence-electron chi connectivity index (χ0n) is 13.8. The lowest BCUT2D eigenvalue weighted by molar-refractivity contribution is 0.105. The Hall–Kier alpha value is -1.03. The Kier molecular flexibility index (Phi) is 4.66. The molecule has 0 spiro atoms. The molecule has 0 atom stereocenters. The Morgan fingerprint density at radius 2 is 1.86 bits per heavy atom. The first kappa shape index (κ1) is 16.3. The highest BCUT2D eigenvalue weighted by Gasteiger charge is 2.38. The van der Waals surface area contributed by atoms with Gasteiger partial charge in [0.15, 0.2) is 5.82 Å². The second-order valence-corrected chi connectivity index (χ2v) is 8.08. The normalized spacial score (nSPS) is 21.0. The molecule has 1 aliphatic rings. The Morgan fingerprint density at radius 1 is 1.24 bits per heavy atom. The first-order chi connectivity index (χ1) is 9.71. The fourth-order valence-electron chi connectivity index (χ4n) is 3.85. The number of nitrogens with one attached hydrogen (secondary N) is 2. The van der Waals surface area contributed by atoms with Gasteiger partial charge in [0, 0.05) is 12.6 Å². The Labute approximate surface area is 133 Å². The van der Waals surface area contributed by atoms with Crippen LogP contribution in [0.3, 0.4) is 0 Å². The van der Waals surface area contributed by atoms with Crippen molar-refractivity contribution in [3.63, 3.8) is 0 Å². The molecular formula is C16H27ClN4. The predicted molar refractivity (Wildman–Crippen MR) is 90.0 cm³/mol. The summed E-state index contributed by atoms with van der Waals surface area (Å²) in [6, 6.07) is 0.394. The molecule has 1 aliphatic carbocycles. The number of hydrogen-bond acceptors (Lipinski definition) is 4. The molecule has 0 radical (unpaired) electrons. The quantitative estimate of drug-likeness (QED) is 0.854. The second-order valence-electron chi connectivity index (χ2n) is 7.68. The third kappa shape index (κ3) is 4.47. The van der Waals surface area contributed by atoms with Gasteiger partial charge >= 0.3 is 0 Å². The summed E-state index contributed by atoms with van der Waals surface area (Å²) in [7, 11) is 0. The minimum absolute atomic E-state index is 0.337. The molecule has 4 nitrogen and oxygen atoms in total. The van der Waals surface area contributed by atoms with Gasteiger partial charge in [0.05, 0.1) is 6.20 Å². The average molecular weight is 311 g/mol. The van der Waals surface area contributed by atoms with E-state index < -0.39 is 0 Å². The molecule has 2 N–H and O–H groups in total. The van der Waals surface area contributed by atoms with Crippen LogP contribution >= 0.6 is 11.6 Å². The molecule has 0 aromatic carbocycles.